The quantitative estimate of drug-likeness (QED) is 0.704. The van der Waals surface area contributed by atoms with Crippen molar-refractivity contribution < 1.29 is 14.3 Å². The van der Waals surface area contributed by atoms with Crippen LogP contribution in [-0.2, 0) is 9.53 Å². The van der Waals surface area contributed by atoms with Crippen molar-refractivity contribution in [2.75, 3.05) is 18.5 Å². The first-order chi connectivity index (χ1) is 7.15. The lowest BCUT2D eigenvalue weighted by Crippen LogP contribution is -2.22. The maximum absolute atomic E-state index is 11.3. The highest BCUT2D eigenvalue weighted by molar-refractivity contribution is 7.14. The van der Waals surface area contributed by atoms with Crippen molar-refractivity contribution >= 4 is 28.2 Å². The van der Waals surface area contributed by atoms with Gasteiger partial charge in [0.2, 0.25) is 5.91 Å². The minimum atomic E-state index is -0.509. The predicted octanol–water partition coefficient (Wildman–Crippen LogP) is 0.217. The topological polar surface area (TPSA) is 94.3 Å². The lowest BCUT2D eigenvalue weighted by Gasteiger charge is -2.03. The van der Waals surface area contributed by atoms with E-state index in [2.05, 4.69) is 10.3 Å². The summed E-state index contributed by atoms with van der Waals surface area (Å²) in [7, 11) is 0. The molecule has 0 aliphatic carbocycles. The SMILES string of the molecule is CCOC(=O)c1ncsc1NCC(N)=O. The number of nitrogens with zero attached hydrogens (tertiary/aromatic N) is 1. The average molecular weight is 229 g/mol. The van der Waals surface area contributed by atoms with E-state index in [0.717, 1.165) is 0 Å². The molecular weight excluding hydrogens is 218 g/mol. The van der Waals surface area contributed by atoms with Crippen molar-refractivity contribution in [3.63, 3.8) is 0 Å². The van der Waals surface area contributed by atoms with E-state index in [4.69, 9.17) is 10.5 Å². The molecule has 1 aromatic rings. The minimum Gasteiger partial charge on any atom is -0.461 e. The molecule has 0 atom stereocenters. The molecule has 1 heterocycles. The van der Waals surface area contributed by atoms with E-state index >= 15 is 0 Å². The van der Waals surface area contributed by atoms with Crippen LogP contribution in [-0.4, -0.2) is 30.0 Å². The van der Waals surface area contributed by atoms with Gasteiger partial charge in [-0.2, -0.15) is 0 Å². The Labute approximate surface area is 90.4 Å². The van der Waals surface area contributed by atoms with Crippen LogP contribution in [0.25, 0.3) is 0 Å². The Morgan fingerprint density at radius 1 is 1.67 bits per heavy atom. The number of hydrogen-bond donors (Lipinski definition) is 2. The molecule has 1 aromatic heterocycles. The normalized spacial score (nSPS) is 9.67. The number of carbonyl (C=O) groups excluding carboxylic acids is 2. The third-order valence-electron chi connectivity index (χ3n) is 1.46. The highest BCUT2D eigenvalue weighted by atomic mass is 32.1. The fourth-order valence-corrected chi connectivity index (χ4v) is 1.55. The summed E-state index contributed by atoms with van der Waals surface area (Å²) in [6.07, 6.45) is 0. The molecule has 7 heteroatoms. The first-order valence-electron chi connectivity index (χ1n) is 4.28. The molecule has 0 aliphatic heterocycles. The summed E-state index contributed by atoms with van der Waals surface area (Å²) in [6.45, 7) is 1.96. The smallest absolute Gasteiger partial charge is 0.360 e. The summed E-state index contributed by atoms with van der Waals surface area (Å²) in [5.74, 6) is -1.01. The molecule has 0 saturated carbocycles. The number of anilines is 1. The number of thiazole rings is 1. The highest BCUT2D eigenvalue weighted by Gasteiger charge is 2.15. The largest absolute Gasteiger partial charge is 0.461 e. The maximum atomic E-state index is 11.3. The number of esters is 1. The molecule has 0 radical (unpaired) electrons. The summed E-state index contributed by atoms with van der Waals surface area (Å²) in [6, 6.07) is 0. The minimum absolute atomic E-state index is 0.0331. The van der Waals surface area contributed by atoms with Gasteiger partial charge in [0.05, 0.1) is 18.7 Å². The Morgan fingerprint density at radius 3 is 3.00 bits per heavy atom. The Kier molecular flexibility index (Phi) is 4.04. The second-order valence-corrected chi connectivity index (χ2v) is 3.43. The summed E-state index contributed by atoms with van der Waals surface area (Å²) < 4.78 is 4.78. The van der Waals surface area contributed by atoms with Crippen LogP contribution in [0.4, 0.5) is 5.00 Å². The molecule has 0 spiro atoms. The van der Waals surface area contributed by atoms with Gasteiger partial charge in [0.15, 0.2) is 5.69 Å². The van der Waals surface area contributed by atoms with Gasteiger partial charge in [0.1, 0.15) is 5.00 Å². The molecule has 0 saturated heterocycles. The molecule has 0 aromatic carbocycles. The number of ether oxygens (including phenoxy) is 1. The van der Waals surface area contributed by atoms with Crippen molar-refractivity contribution in [2.45, 2.75) is 6.92 Å². The standard InChI is InChI=1S/C8H11N3O3S/c1-2-14-8(13)6-7(15-4-11-6)10-3-5(9)12/h4,10H,2-3H2,1H3,(H2,9,12). The van der Waals surface area contributed by atoms with Crippen LogP contribution >= 0.6 is 11.3 Å². The number of hydrogen-bond acceptors (Lipinski definition) is 6. The summed E-state index contributed by atoms with van der Waals surface area (Å²) >= 11 is 1.21. The zero-order valence-electron chi connectivity index (χ0n) is 8.15. The van der Waals surface area contributed by atoms with Gasteiger partial charge in [-0.3, -0.25) is 4.79 Å². The Bertz CT molecular complexity index is 364. The van der Waals surface area contributed by atoms with E-state index in [1.807, 2.05) is 0 Å². The molecule has 6 nitrogen and oxygen atoms in total. The van der Waals surface area contributed by atoms with Crippen LogP contribution in [0.2, 0.25) is 0 Å². The number of primary amides is 1. The van der Waals surface area contributed by atoms with Gasteiger partial charge in [-0.05, 0) is 6.92 Å². The number of nitrogens with one attached hydrogen (secondary N) is 1. The number of aromatic nitrogens is 1. The first kappa shape index (κ1) is 11.4. The van der Waals surface area contributed by atoms with Crippen molar-refractivity contribution in [3.8, 4) is 0 Å². The molecule has 15 heavy (non-hydrogen) atoms. The van der Waals surface area contributed by atoms with Crippen LogP contribution in [0.3, 0.4) is 0 Å². The molecule has 0 aliphatic rings. The molecule has 1 amide bonds. The van der Waals surface area contributed by atoms with Gasteiger partial charge in [-0.1, -0.05) is 0 Å². The van der Waals surface area contributed by atoms with E-state index in [0.29, 0.717) is 5.00 Å². The van der Waals surface area contributed by atoms with E-state index in [9.17, 15) is 9.59 Å². The molecule has 82 valence electrons. The van der Waals surface area contributed by atoms with Crippen LogP contribution in [0.1, 0.15) is 17.4 Å². The molecule has 1 rings (SSSR count). The molecule has 0 unspecified atom stereocenters. The highest BCUT2D eigenvalue weighted by Crippen LogP contribution is 2.20. The average Bonchev–Trinajstić information content (AvgIpc) is 2.62. The second kappa shape index (κ2) is 5.30. The van der Waals surface area contributed by atoms with Crippen molar-refractivity contribution in [2.24, 2.45) is 5.73 Å². The number of rotatable bonds is 5. The van der Waals surface area contributed by atoms with Crippen molar-refractivity contribution in [1.82, 2.24) is 4.98 Å². The van der Waals surface area contributed by atoms with Crippen LogP contribution < -0.4 is 11.1 Å². The fourth-order valence-electron chi connectivity index (χ4n) is 0.884. The maximum Gasteiger partial charge on any atom is 0.360 e. The summed E-state index contributed by atoms with van der Waals surface area (Å²) in [5, 5.41) is 3.21. The Balaban J connectivity index is 2.68. The molecule has 3 N–H and O–H groups in total. The number of nitrogens with two attached hydrogens (primary N) is 1. The number of carbonyl (C=O) groups is 2. The molecule has 0 bridgehead atoms. The molecule has 0 fully saturated rings. The van der Waals surface area contributed by atoms with Crippen molar-refractivity contribution in [3.05, 3.63) is 11.2 Å². The predicted molar refractivity (Wildman–Crippen MR) is 55.8 cm³/mol. The van der Waals surface area contributed by atoms with E-state index in [1.165, 1.54) is 16.8 Å². The fraction of sp³-hybridized carbons (Fsp3) is 0.375. The van der Waals surface area contributed by atoms with Gasteiger partial charge in [0, 0.05) is 0 Å². The Morgan fingerprint density at radius 2 is 2.40 bits per heavy atom. The van der Waals surface area contributed by atoms with E-state index < -0.39 is 11.9 Å². The lowest BCUT2D eigenvalue weighted by molar-refractivity contribution is -0.116. The zero-order valence-corrected chi connectivity index (χ0v) is 8.97. The van der Waals surface area contributed by atoms with E-state index in [-0.39, 0.29) is 18.8 Å². The van der Waals surface area contributed by atoms with Crippen molar-refractivity contribution in [1.29, 1.82) is 0 Å². The van der Waals surface area contributed by atoms with Gasteiger partial charge in [0.25, 0.3) is 0 Å². The third-order valence-corrected chi connectivity index (χ3v) is 2.24. The monoisotopic (exact) mass is 229 g/mol. The van der Waals surface area contributed by atoms with Crippen LogP contribution in [0.5, 0.6) is 0 Å². The zero-order chi connectivity index (χ0) is 11.3. The van der Waals surface area contributed by atoms with Crippen LogP contribution in [0.15, 0.2) is 5.51 Å². The van der Waals surface area contributed by atoms with Crippen LogP contribution in [0, 0.1) is 0 Å². The first-order valence-corrected chi connectivity index (χ1v) is 5.16. The second-order valence-electron chi connectivity index (χ2n) is 2.57. The number of amides is 1. The van der Waals surface area contributed by atoms with Gasteiger partial charge in [-0.25, -0.2) is 9.78 Å². The van der Waals surface area contributed by atoms with Gasteiger partial charge < -0.3 is 15.8 Å². The lowest BCUT2D eigenvalue weighted by atomic mass is 10.4. The third kappa shape index (κ3) is 3.21. The molecular formula is C8H11N3O3S. The summed E-state index contributed by atoms with van der Waals surface area (Å²) in [5.41, 5.74) is 6.64. The summed E-state index contributed by atoms with van der Waals surface area (Å²) in [4.78, 5) is 25.7. The van der Waals surface area contributed by atoms with Gasteiger partial charge in [-0.15, -0.1) is 11.3 Å². The Hall–Kier alpha value is -1.63. The van der Waals surface area contributed by atoms with E-state index in [1.54, 1.807) is 6.92 Å². The van der Waals surface area contributed by atoms with Gasteiger partial charge >= 0.3 is 5.97 Å².